The van der Waals surface area contributed by atoms with Crippen molar-refractivity contribution in [1.29, 1.82) is 0 Å². The predicted octanol–water partition coefficient (Wildman–Crippen LogP) is 5.74. The molecule has 4 rings (SSSR count). The molecule has 1 aromatic heterocycles. The quantitative estimate of drug-likeness (QED) is 0.504. The molecule has 3 aromatic rings. The Labute approximate surface area is 170 Å². The van der Waals surface area contributed by atoms with Crippen molar-refractivity contribution in [3.05, 3.63) is 83.8 Å². The second kappa shape index (κ2) is 8.98. The summed E-state index contributed by atoms with van der Waals surface area (Å²) in [5.74, 6) is 0.263. The number of anilines is 1. The maximum absolute atomic E-state index is 13.3. The van der Waals surface area contributed by atoms with Crippen LogP contribution in [0.3, 0.4) is 0 Å². The summed E-state index contributed by atoms with van der Waals surface area (Å²) in [6, 6.07) is 20.5. The summed E-state index contributed by atoms with van der Waals surface area (Å²) >= 11 is 1.56. The first kappa shape index (κ1) is 18.6. The molecule has 0 N–H and O–H groups in total. The number of hydrogen-bond acceptors (Lipinski definition) is 3. The van der Waals surface area contributed by atoms with E-state index < -0.39 is 0 Å². The van der Waals surface area contributed by atoms with Gasteiger partial charge in [-0.3, -0.25) is 9.69 Å². The Bertz CT molecular complexity index is 934. The number of hydrogen-bond donors (Lipinski definition) is 0. The van der Waals surface area contributed by atoms with Crippen molar-refractivity contribution < 1.29 is 4.79 Å². The van der Waals surface area contributed by atoms with Crippen molar-refractivity contribution in [3.63, 3.8) is 0 Å². The molecular formula is C24H24N2OS. The predicted molar refractivity (Wildman–Crippen MR) is 117 cm³/mol. The fourth-order valence-corrected chi connectivity index (χ4v) is 4.42. The van der Waals surface area contributed by atoms with Gasteiger partial charge in [-0.25, -0.2) is 4.98 Å². The zero-order valence-corrected chi connectivity index (χ0v) is 16.6. The van der Waals surface area contributed by atoms with Gasteiger partial charge in [-0.15, -0.1) is 11.3 Å². The van der Waals surface area contributed by atoms with E-state index in [9.17, 15) is 4.79 Å². The van der Waals surface area contributed by atoms with E-state index >= 15 is 0 Å². The zero-order valence-electron chi connectivity index (χ0n) is 15.8. The molecule has 0 spiro atoms. The van der Waals surface area contributed by atoms with Gasteiger partial charge in [0.2, 0.25) is 5.91 Å². The SMILES string of the molecule is O=C(C1CC=CCC1)N(CCc1ccccc1)c1nc(-c2ccccc2)cs1. The number of amides is 1. The second-order valence-electron chi connectivity index (χ2n) is 7.09. The summed E-state index contributed by atoms with van der Waals surface area (Å²) in [6.45, 7) is 0.658. The Morgan fingerprint density at radius 1 is 1.04 bits per heavy atom. The van der Waals surface area contributed by atoms with E-state index in [1.165, 1.54) is 5.56 Å². The number of benzene rings is 2. The monoisotopic (exact) mass is 388 g/mol. The van der Waals surface area contributed by atoms with E-state index in [1.807, 2.05) is 46.7 Å². The second-order valence-corrected chi connectivity index (χ2v) is 7.92. The molecule has 1 amide bonds. The highest BCUT2D eigenvalue weighted by Crippen LogP contribution is 2.30. The first-order valence-corrected chi connectivity index (χ1v) is 10.7. The molecule has 1 heterocycles. The summed E-state index contributed by atoms with van der Waals surface area (Å²) in [4.78, 5) is 20.0. The molecule has 0 saturated carbocycles. The van der Waals surface area contributed by atoms with E-state index in [4.69, 9.17) is 4.98 Å². The Balaban J connectivity index is 1.58. The molecule has 0 radical (unpaired) electrons. The smallest absolute Gasteiger partial charge is 0.232 e. The van der Waals surface area contributed by atoms with Gasteiger partial charge in [0.05, 0.1) is 5.69 Å². The molecule has 1 aliphatic carbocycles. The molecule has 28 heavy (non-hydrogen) atoms. The molecule has 0 fully saturated rings. The number of carbonyl (C=O) groups excluding carboxylic acids is 1. The number of nitrogens with zero attached hydrogens (tertiary/aromatic N) is 2. The van der Waals surface area contributed by atoms with E-state index in [0.29, 0.717) is 6.54 Å². The molecular weight excluding hydrogens is 364 g/mol. The van der Waals surface area contributed by atoms with E-state index in [2.05, 4.69) is 36.4 Å². The fourth-order valence-electron chi connectivity index (χ4n) is 3.55. The van der Waals surface area contributed by atoms with Crippen LogP contribution in [-0.4, -0.2) is 17.4 Å². The summed E-state index contributed by atoms with van der Waals surface area (Å²) in [5.41, 5.74) is 3.26. The molecule has 142 valence electrons. The van der Waals surface area contributed by atoms with Crippen molar-refractivity contribution in [3.8, 4) is 11.3 Å². The van der Waals surface area contributed by atoms with E-state index in [1.54, 1.807) is 11.3 Å². The van der Waals surface area contributed by atoms with Gasteiger partial charge < -0.3 is 0 Å². The van der Waals surface area contributed by atoms with Crippen LogP contribution in [-0.2, 0) is 11.2 Å². The molecule has 1 atom stereocenters. The van der Waals surface area contributed by atoms with Crippen LogP contribution in [0.2, 0.25) is 0 Å². The topological polar surface area (TPSA) is 33.2 Å². The molecule has 0 bridgehead atoms. The standard InChI is InChI=1S/C24H24N2OS/c27-23(21-14-8-3-9-15-21)26(17-16-19-10-4-1-5-11-19)24-25-22(18-28-24)20-12-6-2-7-13-20/h1-8,10-13,18,21H,9,14-17H2. The van der Waals surface area contributed by atoms with Crippen molar-refractivity contribution >= 4 is 22.4 Å². The summed E-state index contributed by atoms with van der Waals surface area (Å²) < 4.78 is 0. The first-order valence-electron chi connectivity index (χ1n) is 9.82. The van der Waals surface area contributed by atoms with Crippen LogP contribution in [0, 0.1) is 5.92 Å². The zero-order chi connectivity index (χ0) is 19.2. The highest BCUT2D eigenvalue weighted by Gasteiger charge is 2.27. The van der Waals surface area contributed by atoms with Gasteiger partial charge in [-0.1, -0.05) is 72.8 Å². The average Bonchev–Trinajstić information content (AvgIpc) is 3.26. The van der Waals surface area contributed by atoms with Gasteiger partial charge in [-0.05, 0) is 31.2 Å². The number of rotatable bonds is 6. The minimum Gasteiger partial charge on any atom is -0.288 e. The summed E-state index contributed by atoms with van der Waals surface area (Å²) in [7, 11) is 0. The van der Waals surface area contributed by atoms with Gasteiger partial charge in [-0.2, -0.15) is 0 Å². The minimum absolute atomic E-state index is 0.0600. The molecule has 2 aromatic carbocycles. The largest absolute Gasteiger partial charge is 0.288 e. The lowest BCUT2D eigenvalue weighted by molar-refractivity contribution is -0.122. The van der Waals surface area contributed by atoms with Crippen LogP contribution in [0.1, 0.15) is 24.8 Å². The fraction of sp³-hybridized carbons (Fsp3) is 0.250. The Kier molecular flexibility index (Phi) is 5.98. The van der Waals surface area contributed by atoms with Gasteiger partial charge in [0.1, 0.15) is 0 Å². The third kappa shape index (κ3) is 4.39. The Hall–Kier alpha value is -2.72. The normalized spacial score (nSPS) is 16.1. The minimum atomic E-state index is 0.0600. The van der Waals surface area contributed by atoms with Crippen LogP contribution in [0.4, 0.5) is 5.13 Å². The highest BCUT2D eigenvalue weighted by atomic mass is 32.1. The third-order valence-corrected chi connectivity index (χ3v) is 6.01. The molecule has 0 saturated heterocycles. The Morgan fingerprint density at radius 3 is 2.50 bits per heavy atom. The molecule has 1 aliphatic rings. The van der Waals surface area contributed by atoms with Gasteiger partial charge in [0.25, 0.3) is 0 Å². The maximum Gasteiger partial charge on any atom is 0.232 e. The van der Waals surface area contributed by atoms with Crippen molar-refractivity contribution in [1.82, 2.24) is 4.98 Å². The molecule has 0 aliphatic heterocycles. The highest BCUT2D eigenvalue weighted by molar-refractivity contribution is 7.14. The van der Waals surface area contributed by atoms with Gasteiger partial charge >= 0.3 is 0 Å². The van der Waals surface area contributed by atoms with Crippen molar-refractivity contribution in [2.24, 2.45) is 5.92 Å². The van der Waals surface area contributed by atoms with Gasteiger partial charge in [0, 0.05) is 23.4 Å². The lowest BCUT2D eigenvalue weighted by Crippen LogP contribution is -2.38. The Morgan fingerprint density at radius 2 is 1.79 bits per heavy atom. The van der Waals surface area contributed by atoms with Crippen molar-refractivity contribution in [2.45, 2.75) is 25.7 Å². The van der Waals surface area contributed by atoms with Crippen LogP contribution in [0.5, 0.6) is 0 Å². The molecule has 4 heteroatoms. The number of carbonyl (C=O) groups is 1. The third-order valence-electron chi connectivity index (χ3n) is 5.14. The molecule has 3 nitrogen and oxygen atoms in total. The van der Waals surface area contributed by atoms with Crippen LogP contribution in [0.15, 0.2) is 78.2 Å². The maximum atomic E-state index is 13.3. The van der Waals surface area contributed by atoms with Crippen LogP contribution in [0.25, 0.3) is 11.3 Å². The summed E-state index contributed by atoms with van der Waals surface area (Å²) in [6.07, 6.45) is 7.88. The molecule has 1 unspecified atom stereocenters. The van der Waals surface area contributed by atoms with Crippen LogP contribution < -0.4 is 4.90 Å². The van der Waals surface area contributed by atoms with Gasteiger partial charge in [0.15, 0.2) is 5.13 Å². The lowest BCUT2D eigenvalue weighted by Gasteiger charge is -2.26. The van der Waals surface area contributed by atoms with Crippen LogP contribution >= 0.6 is 11.3 Å². The van der Waals surface area contributed by atoms with Crippen molar-refractivity contribution in [2.75, 3.05) is 11.4 Å². The summed E-state index contributed by atoms with van der Waals surface area (Å²) in [5, 5.41) is 2.85. The number of aromatic nitrogens is 1. The lowest BCUT2D eigenvalue weighted by atomic mass is 9.93. The van der Waals surface area contributed by atoms with E-state index in [0.717, 1.165) is 42.1 Å². The van der Waals surface area contributed by atoms with E-state index in [-0.39, 0.29) is 11.8 Å². The average molecular weight is 389 g/mol. The number of thiazole rings is 1. The number of allylic oxidation sites excluding steroid dienone is 2. The first-order chi connectivity index (χ1) is 13.8.